The molecular formula is C20H16ClN3O4S. The summed E-state index contributed by atoms with van der Waals surface area (Å²) in [5.41, 5.74) is 4.80. The molecule has 29 heavy (non-hydrogen) atoms. The van der Waals surface area contributed by atoms with Crippen LogP contribution in [-0.4, -0.2) is 28.6 Å². The van der Waals surface area contributed by atoms with Gasteiger partial charge in [-0.2, -0.15) is 0 Å². The van der Waals surface area contributed by atoms with Gasteiger partial charge in [0.05, 0.1) is 5.56 Å². The van der Waals surface area contributed by atoms with Crippen molar-refractivity contribution in [3.8, 4) is 11.5 Å². The first-order valence-electron chi connectivity index (χ1n) is 8.42. The van der Waals surface area contributed by atoms with Gasteiger partial charge < -0.3 is 9.84 Å². The van der Waals surface area contributed by atoms with Gasteiger partial charge in [-0.3, -0.25) is 25.8 Å². The van der Waals surface area contributed by atoms with Crippen LogP contribution in [0.15, 0.2) is 60.7 Å². The fraction of sp³-hybridized carbons (Fsp3) is 0.0500. The van der Waals surface area contributed by atoms with Crippen LogP contribution in [0.3, 0.4) is 0 Å². The zero-order valence-corrected chi connectivity index (χ0v) is 16.5. The van der Waals surface area contributed by atoms with E-state index < -0.39 is 11.8 Å². The van der Waals surface area contributed by atoms with Gasteiger partial charge in [0.15, 0.2) is 11.7 Å². The van der Waals surface area contributed by atoms with Gasteiger partial charge in [0.1, 0.15) is 11.5 Å². The van der Waals surface area contributed by atoms with Gasteiger partial charge in [0.25, 0.3) is 11.8 Å². The molecule has 0 saturated carbocycles. The molecule has 148 valence electrons. The number of rotatable bonds is 4. The molecule has 2 amide bonds. The van der Waals surface area contributed by atoms with Crippen LogP contribution in [0.4, 0.5) is 0 Å². The summed E-state index contributed by atoms with van der Waals surface area (Å²) in [5.74, 6) is -0.819. The number of phenolic OH excluding ortho intramolecular Hbond substituents is 1. The fourth-order valence-electron chi connectivity index (χ4n) is 2.46. The molecule has 0 aliphatic rings. The second-order valence-electron chi connectivity index (χ2n) is 5.92. The molecule has 0 unspecified atom stereocenters. The van der Waals surface area contributed by atoms with Crippen LogP contribution >= 0.6 is 23.8 Å². The smallest absolute Gasteiger partial charge is 0.273 e. The minimum atomic E-state index is -0.609. The predicted octanol–water partition coefficient (Wildman–Crippen LogP) is 2.91. The summed E-state index contributed by atoms with van der Waals surface area (Å²) in [5, 5.41) is 14.5. The number of phenols is 1. The lowest BCUT2D eigenvalue weighted by atomic mass is 10.1. The van der Waals surface area contributed by atoms with E-state index in [1.807, 2.05) is 24.3 Å². The van der Waals surface area contributed by atoms with Crippen molar-refractivity contribution in [2.75, 3.05) is 6.61 Å². The summed E-state index contributed by atoms with van der Waals surface area (Å²) in [6.45, 7) is -0.275. The summed E-state index contributed by atoms with van der Waals surface area (Å²) in [6.07, 6.45) is 0. The van der Waals surface area contributed by atoms with Crippen molar-refractivity contribution < 1.29 is 19.4 Å². The highest BCUT2D eigenvalue weighted by atomic mass is 35.5. The Morgan fingerprint density at radius 2 is 1.66 bits per heavy atom. The Bertz CT molecular complexity index is 1070. The quantitative estimate of drug-likeness (QED) is 0.376. The topological polar surface area (TPSA) is 99.7 Å². The number of hydrogen-bond donors (Lipinski definition) is 4. The number of halogens is 1. The lowest BCUT2D eigenvalue weighted by molar-refractivity contribution is -0.121. The summed E-state index contributed by atoms with van der Waals surface area (Å²) in [6, 6.07) is 16.9. The van der Waals surface area contributed by atoms with E-state index in [4.69, 9.17) is 28.6 Å². The molecule has 0 bridgehead atoms. The minimum Gasteiger partial charge on any atom is -0.507 e. The number of carbonyl (C=O) groups is 2. The molecule has 4 N–H and O–H groups in total. The van der Waals surface area contributed by atoms with Crippen molar-refractivity contribution in [2.24, 2.45) is 0 Å². The molecule has 0 atom stereocenters. The van der Waals surface area contributed by atoms with Gasteiger partial charge in [0.2, 0.25) is 0 Å². The van der Waals surface area contributed by atoms with Crippen LogP contribution < -0.4 is 20.9 Å². The highest BCUT2D eigenvalue weighted by molar-refractivity contribution is 7.80. The molecule has 0 spiro atoms. The molecule has 7 nitrogen and oxygen atoms in total. The number of aromatic hydroxyl groups is 1. The molecule has 3 aromatic carbocycles. The monoisotopic (exact) mass is 429 g/mol. The largest absolute Gasteiger partial charge is 0.507 e. The van der Waals surface area contributed by atoms with E-state index in [-0.39, 0.29) is 23.0 Å². The maximum atomic E-state index is 12.3. The Kier molecular flexibility index (Phi) is 6.48. The van der Waals surface area contributed by atoms with E-state index in [0.29, 0.717) is 10.8 Å². The first-order valence-corrected chi connectivity index (χ1v) is 9.21. The highest BCUT2D eigenvalue weighted by Crippen LogP contribution is 2.24. The third-order valence-electron chi connectivity index (χ3n) is 3.83. The SMILES string of the molecule is O=C(COc1ccc(Cl)cc1)NC(=S)NNC(=O)c1cc2ccccc2cc1O. The molecule has 3 aromatic rings. The van der Waals surface area contributed by atoms with Gasteiger partial charge in [-0.15, -0.1) is 0 Å². The zero-order valence-electron chi connectivity index (χ0n) is 14.9. The molecule has 0 heterocycles. The second-order valence-corrected chi connectivity index (χ2v) is 6.76. The van der Waals surface area contributed by atoms with Crippen molar-refractivity contribution in [1.82, 2.24) is 16.2 Å². The molecular weight excluding hydrogens is 414 g/mol. The lowest BCUT2D eigenvalue weighted by Crippen LogP contribution is -2.49. The fourth-order valence-corrected chi connectivity index (χ4v) is 2.76. The summed E-state index contributed by atoms with van der Waals surface area (Å²) in [7, 11) is 0. The van der Waals surface area contributed by atoms with Crippen LogP contribution in [0, 0.1) is 0 Å². The van der Waals surface area contributed by atoms with Crippen molar-refractivity contribution in [3.63, 3.8) is 0 Å². The number of thiocarbonyl (C=S) groups is 1. The Labute approximate surface area is 176 Å². The summed E-state index contributed by atoms with van der Waals surface area (Å²) >= 11 is 10.7. The van der Waals surface area contributed by atoms with Crippen LogP contribution in [0.2, 0.25) is 5.02 Å². The van der Waals surface area contributed by atoms with Crippen molar-refractivity contribution in [3.05, 3.63) is 71.2 Å². The summed E-state index contributed by atoms with van der Waals surface area (Å²) < 4.78 is 5.30. The van der Waals surface area contributed by atoms with E-state index >= 15 is 0 Å². The normalized spacial score (nSPS) is 10.2. The van der Waals surface area contributed by atoms with E-state index in [9.17, 15) is 14.7 Å². The number of fused-ring (bicyclic) bond motifs is 1. The average molecular weight is 430 g/mol. The number of nitrogens with one attached hydrogen (secondary N) is 3. The van der Waals surface area contributed by atoms with E-state index in [1.165, 1.54) is 6.07 Å². The third kappa shape index (κ3) is 5.56. The standard InChI is InChI=1S/C20H16ClN3O4S/c21-14-5-7-15(8-6-14)28-11-18(26)22-20(29)24-23-19(27)16-9-12-3-1-2-4-13(12)10-17(16)25/h1-10,25H,11H2,(H,23,27)(H2,22,24,26,29). The molecule has 0 saturated heterocycles. The second kappa shape index (κ2) is 9.22. The zero-order chi connectivity index (χ0) is 20.8. The number of hydrazine groups is 1. The van der Waals surface area contributed by atoms with Crippen LogP contribution in [0.5, 0.6) is 11.5 Å². The van der Waals surface area contributed by atoms with Crippen LogP contribution in [0.1, 0.15) is 10.4 Å². The first-order chi connectivity index (χ1) is 13.9. The van der Waals surface area contributed by atoms with Gasteiger partial charge in [-0.25, -0.2) is 0 Å². The number of amides is 2. The van der Waals surface area contributed by atoms with Gasteiger partial charge in [-0.1, -0.05) is 35.9 Å². The lowest BCUT2D eigenvalue weighted by Gasteiger charge is -2.12. The van der Waals surface area contributed by atoms with E-state index in [2.05, 4.69) is 16.2 Å². The molecule has 0 aliphatic carbocycles. The van der Waals surface area contributed by atoms with Gasteiger partial charge >= 0.3 is 0 Å². The molecule has 0 radical (unpaired) electrons. The van der Waals surface area contributed by atoms with Crippen LogP contribution in [-0.2, 0) is 4.79 Å². The maximum absolute atomic E-state index is 12.3. The van der Waals surface area contributed by atoms with Gasteiger partial charge in [-0.05, 0) is 59.4 Å². The molecule has 0 fully saturated rings. The Hall–Kier alpha value is -3.36. The molecule has 0 aromatic heterocycles. The number of ether oxygens (including phenoxy) is 1. The van der Waals surface area contributed by atoms with Crippen LogP contribution in [0.25, 0.3) is 10.8 Å². The minimum absolute atomic E-state index is 0.0661. The maximum Gasteiger partial charge on any atom is 0.273 e. The van der Waals surface area contributed by atoms with E-state index in [1.54, 1.807) is 30.3 Å². The highest BCUT2D eigenvalue weighted by Gasteiger charge is 2.13. The van der Waals surface area contributed by atoms with Gasteiger partial charge in [0, 0.05) is 5.02 Å². The molecule has 3 rings (SSSR count). The van der Waals surface area contributed by atoms with Crippen molar-refractivity contribution in [1.29, 1.82) is 0 Å². The number of carbonyl (C=O) groups excluding carboxylic acids is 2. The van der Waals surface area contributed by atoms with Crippen molar-refractivity contribution in [2.45, 2.75) is 0 Å². The summed E-state index contributed by atoms with van der Waals surface area (Å²) in [4.78, 5) is 24.2. The average Bonchev–Trinajstić information content (AvgIpc) is 2.71. The number of benzene rings is 3. The first kappa shape index (κ1) is 20.4. The number of hydrogen-bond acceptors (Lipinski definition) is 5. The van der Waals surface area contributed by atoms with E-state index in [0.717, 1.165) is 10.8 Å². The predicted molar refractivity (Wildman–Crippen MR) is 114 cm³/mol. The third-order valence-corrected chi connectivity index (χ3v) is 4.29. The molecule has 9 heteroatoms. The van der Waals surface area contributed by atoms with Crippen molar-refractivity contribution >= 4 is 51.5 Å². The Morgan fingerprint density at radius 3 is 2.34 bits per heavy atom. The Balaban J connectivity index is 1.49. The molecule has 0 aliphatic heterocycles. The Morgan fingerprint density at radius 1 is 1.00 bits per heavy atom.